The van der Waals surface area contributed by atoms with Gasteiger partial charge in [0.2, 0.25) is 5.60 Å². The molecule has 2 aliphatic heterocycles. The topological polar surface area (TPSA) is 108 Å². The molecule has 1 N–H and O–H groups in total. The predicted octanol–water partition coefficient (Wildman–Crippen LogP) is 5.61. The number of rotatable bonds is 3. The molecular weight excluding hydrogens is 512 g/mol. The normalized spacial score (nSPS) is 43.7. The van der Waals surface area contributed by atoms with E-state index in [0.29, 0.717) is 5.92 Å². The van der Waals surface area contributed by atoms with Crippen molar-refractivity contribution in [2.24, 2.45) is 28.6 Å². The summed E-state index contributed by atoms with van der Waals surface area (Å²) in [6.45, 7) is 11.7. The van der Waals surface area contributed by atoms with Gasteiger partial charge >= 0.3 is 17.9 Å². The average molecular weight is 555 g/mol. The van der Waals surface area contributed by atoms with Crippen molar-refractivity contribution in [1.82, 2.24) is 0 Å². The first-order valence-corrected chi connectivity index (χ1v) is 14.8. The zero-order valence-electron chi connectivity index (χ0n) is 24.5. The summed E-state index contributed by atoms with van der Waals surface area (Å²) in [6, 6.07) is 0. The molecule has 40 heavy (non-hydrogen) atoms. The van der Waals surface area contributed by atoms with Crippen LogP contribution < -0.4 is 0 Å². The molecule has 8 nitrogen and oxygen atoms in total. The minimum Gasteiger partial charge on any atom is -0.459 e. The Morgan fingerprint density at radius 2 is 1.73 bits per heavy atom. The van der Waals surface area contributed by atoms with Crippen LogP contribution in [-0.2, 0) is 33.5 Å². The van der Waals surface area contributed by atoms with Gasteiger partial charge in [-0.15, -0.1) is 0 Å². The Kier molecular flexibility index (Phi) is 6.25. The van der Waals surface area contributed by atoms with Crippen molar-refractivity contribution in [3.8, 4) is 0 Å². The fraction of sp³-hybridized carbons (Fsp3) is 0.719. The number of allylic oxidation sites excluding steroid dienone is 1. The summed E-state index contributed by atoms with van der Waals surface area (Å²) in [5.74, 6) is -0.730. The monoisotopic (exact) mass is 554 g/mol. The molecule has 218 valence electrons. The number of cyclic esters (lactones) is 1. The van der Waals surface area contributed by atoms with E-state index >= 15 is 0 Å². The molecule has 0 aromatic heterocycles. The van der Waals surface area contributed by atoms with Crippen LogP contribution in [0.3, 0.4) is 0 Å². The van der Waals surface area contributed by atoms with Crippen molar-refractivity contribution in [3.63, 3.8) is 0 Å². The first-order chi connectivity index (χ1) is 18.7. The fourth-order valence-corrected chi connectivity index (χ4v) is 9.81. The molecule has 8 heteroatoms. The van der Waals surface area contributed by atoms with Crippen LogP contribution in [0.1, 0.15) is 92.9 Å². The molecule has 2 saturated carbocycles. The Labute approximate surface area is 236 Å². The van der Waals surface area contributed by atoms with Crippen molar-refractivity contribution in [1.29, 1.82) is 0 Å². The predicted molar refractivity (Wildman–Crippen MR) is 145 cm³/mol. The Morgan fingerprint density at radius 3 is 2.42 bits per heavy atom. The van der Waals surface area contributed by atoms with E-state index in [1.807, 2.05) is 13.8 Å². The highest BCUT2D eigenvalue weighted by Crippen LogP contribution is 2.70. The van der Waals surface area contributed by atoms with Gasteiger partial charge in [0.25, 0.3) is 0 Å². The van der Waals surface area contributed by atoms with E-state index in [1.165, 1.54) is 18.6 Å². The molecule has 6 rings (SSSR count). The molecule has 3 fully saturated rings. The maximum absolute atomic E-state index is 13.0. The van der Waals surface area contributed by atoms with Gasteiger partial charge in [0, 0.05) is 18.9 Å². The first kappa shape index (κ1) is 27.7. The van der Waals surface area contributed by atoms with Crippen molar-refractivity contribution in [2.75, 3.05) is 0 Å². The molecule has 2 bridgehead atoms. The van der Waals surface area contributed by atoms with E-state index in [2.05, 4.69) is 13.8 Å². The maximum Gasteiger partial charge on any atom is 0.350 e. The number of carbonyl (C=O) groups excluding carboxylic acids is 3. The lowest BCUT2D eigenvalue weighted by Gasteiger charge is -2.52. The highest BCUT2D eigenvalue weighted by Gasteiger charge is 2.65. The molecule has 0 aromatic rings. The number of hydrogen-bond acceptors (Lipinski definition) is 8. The molecule has 0 aromatic carbocycles. The van der Waals surface area contributed by atoms with Gasteiger partial charge in [-0.1, -0.05) is 19.4 Å². The Bertz CT molecular complexity index is 1260. The first-order valence-electron chi connectivity index (χ1n) is 14.8. The van der Waals surface area contributed by atoms with Crippen LogP contribution in [0.5, 0.6) is 0 Å². The Hall–Kier alpha value is -2.45. The number of esters is 3. The molecular formula is C32H42O8. The van der Waals surface area contributed by atoms with Gasteiger partial charge in [0.15, 0.2) is 0 Å². The lowest BCUT2D eigenvalue weighted by molar-refractivity contribution is -0.260. The highest BCUT2D eigenvalue weighted by molar-refractivity contribution is 5.85. The number of fused-ring (bicyclic) bond motifs is 4. The van der Waals surface area contributed by atoms with Crippen LogP contribution in [0, 0.1) is 28.6 Å². The molecule has 0 radical (unpaired) electrons. The largest absolute Gasteiger partial charge is 0.459 e. The van der Waals surface area contributed by atoms with Crippen molar-refractivity contribution >= 4 is 17.9 Å². The standard InChI is InChI=1S/C32H42O8/c1-17(33)38-32(6)18-15-21(25(16-18)37-28(32)35)24-12-14-31(5)23-9-8-22-19(7-10-26(34)39-29(22,2)3)27(40-36)20(23)11-13-30(24,31)4/h7,10,18,21,24-25,27,36H,8-9,11-16H2,1-6H3. The molecule has 1 saturated heterocycles. The molecule has 8 unspecified atom stereocenters. The van der Waals surface area contributed by atoms with Gasteiger partial charge < -0.3 is 14.2 Å². The van der Waals surface area contributed by atoms with E-state index in [4.69, 9.17) is 19.1 Å². The van der Waals surface area contributed by atoms with Gasteiger partial charge in [-0.2, -0.15) is 0 Å². The fourth-order valence-electron chi connectivity index (χ4n) is 9.81. The molecule has 6 aliphatic rings. The minimum atomic E-state index is -1.22. The van der Waals surface area contributed by atoms with Crippen LogP contribution in [0.15, 0.2) is 34.4 Å². The zero-order valence-corrected chi connectivity index (χ0v) is 24.5. The maximum atomic E-state index is 13.0. The van der Waals surface area contributed by atoms with Crippen molar-refractivity contribution < 1.29 is 38.7 Å². The Balaban J connectivity index is 1.34. The second-order valence-corrected chi connectivity index (χ2v) is 14.1. The summed E-state index contributed by atoms with van der Waals surface area (Å²) in [5, 5.41) is 10.3. The number of ether oxygens (including phenoxy) is 3. The van der Waals surface area contributed by atoms with Gasteiger partial charge in [-0.3, -0.25) is 10.1 Å². The third kappa shape index (κ3) is 3.74. The van der Waals surface area contributed by atoms with E-state index < -0.39 is 35.2 Å². The second kappa shape index (κ2) is 9.02. The van der Waals surface area contributed by atoms with Crippen molar-refractivity contribution in [2.45, 2.75) is 116 Å². The lowest BCUT2D eigenvalue weighted by atomic mass is 9.52. The van der Waals surface area contributed by atoms with Crippen LogP contribution in [0.4, 0.5) is 0 Å². The summed E-state index contributed by atoms with van der Waals surface area (Å²) >= 11 is 0. The van der Waals surface area contributed by atoms with Gasteiger partial charge in [0.1, 0.15) is 17.8 Å². The summed E-state index contributed by atoms with van der Waals surface area (Å²) in [4.78, 5) is 42.4. The summed E-state index contributed by atoms with van der Waals surface area (Å²) < 4.78 is 17.3. The third-order valence-electron chi connectivity index (χ3n) is 12.0. The molecule has 8 atom stereocenters. The van der Waals surface area contributed by atoms with E-state index in [0.717, 1.165) is 68.1 Å². The lowest BCUT2D eigenvalue weighted by Crippen LogP contribution is -2.51. The van der Waals surface area contributed by atoms with Crippen LogP contribution >= 0.6 is 0 Å². The summed E-state index contributed by atoms with van der Waals surface area (Å²) in [7, 11) is 0. The zero-order chi connectivity index (χ0) is 28.8. The molecule has 2 heterocycles. The quantitative estimate of drug-likeness (QED) is 0.158. The van der Waals surface area contributed by atoms with E-state index in [9.17, 15) is 19.6 Å². The average Bonchev–Trinajstić information content (AvgIpc) is 3.26. The number of carbonyl (C=O) groups is 3. The van der Waals surface area contributed by atoms with Gasteiger partial charge in [0.05, 0.1) is 0 Å². The van der Waals surface area contributed by atoms with E-state index in [-0.39, 0.29) is 28.8 Å². The van der Waals surface area contributed by atoms with Gasteiger partial charge in [-0.25, -0.2) is 14.5 Å². The summed E-state index contributed by atoms with van der Waals surface area (Å²) in [6.07, 6.45) is 9.26. The van der Waals surface area contributed by atoms with Crippen LogP contribution in [0.2, 0.25) is 0 Å². The number of hydrogen-bond donors (Lipinski definition) is 1. The third-order valence-corrected chi connectivity index (χ3v) is 12.0. The summed E-state index contributed by atoms with van der Waals surface area (Å²) in [5.41, 5.74) is 2.13. The van der Waals surface area contributed by atoms with Gasteiger partial charge in [-0.05, 0) is 118 Å². The van der Waals surface area contributed by atoms with Crippen molar-refractivity contribution in [3.05, 3.63) is 34.4 Å². The molecule has 0 amide bonds. The smallest absolute Gasteiger partial charge is 0.350 e. The second-order valence-electron chi connectivity index (χ2n) is 14.1. The SMILES string of the molecule is CC(=O)OC1(C)C(=O)OC2CC1CC2C1CCC2(C)C3=C(CCC12C)C(OO)C1=C(CC3)C(C)(C)OC(=O)C=C1. The molecule has 4 aliphatic carbocycles. The molecule has 0 spiro atoms. The van der Waals surface area contributed by atoms with Crippen LogP contribution in [0.25, 0.3) is 0 Å². The van der Waals surface area contributed by atoms with Crippen LogP contribution in [-0.4, -0.2) is 46.6 Å². The highest BCUT2D eigenvalue weighted by atomic mass is 17.1. The Morgan fingerprint density at radius 1 is 1.00 bits per heavy atom. The minimum absolute atomic E-state index is 0.0300. The van der Waals surface area contributed by atoms with E-state index in [1.54, 1.807) is 13.0 Å².